The van der Waals surface area contributed by atoms with Crippen molar-refractivity contribution in [1.29, 1.82) is 0 Å². The number of hydrogen-bond donors (Lipinski definition) is 1. The van der Waals surface area contributed by atoms with Crippen LogP contribution in [0.15, 0.2) is 71.3 Å². The molecule has 0 radical (unpaired) electrons. The van der Waals surface area contributed by atoms with Crippen LogP contribution in [-0.4, -0.2) is 29.1 Å². The lowest BCUT2D eigenvalue weighted by Gasteiger charge is -2.37. The molecule has 1 atom stereocenters. The first-order chi connectivity index (χ1) is 13.7. The number of aryl methyl sites for hydroxylation is 1. The van der Waals surface area contributed by atoms with E-state index in [9.17, 15) is 4.79 Å². The van der Waals surface area contributed by atoms with Gasteiger partial charge in [-0.15, -0.1) is 0 Å². The van der Waals surface area contributed by atoms with Gasteiger partial charge in [0.25, 0.3) is 0 Å². The zero-order valence-corrected chi connectivity index (χ0v) is 16.0. The molecule has 144 valence electrons. The molecule has 1 aliphatic heterocycles. The highest BCUT2D eigenvalue weighted by Crippen LogP contribution is 2.32. The van der Waals surface area contributed by atoms with Crippen LogP contribution in [0.4, 0.5) is 5.82 Å². The molecule has 5 nitrogen and oxygen atoms in total. The maximum absolute atomic E-state index is 13.1. The van der Waals surface area contributed by atoms with Crippen LogP contribution >= 0.6 is 0 Å². The molecule has 1 fully saturated rings. The van der Waals surface area contributed by atoms with Gasteiger partial charge in [-0.2, -0.15) is 0 Å². The number of carbonyl (C=O) groups is 1. The van der Waals surface area contributed by atoms with Crippen LogP contribution in [-0.2, 0) is 4.79 Å². The number of aromatic nitrogens is 1. The van der Waals surface area contributed by atoms with Gasteiger partial charge >= 0.3 is 0 Å². The lowest BCUT2D eigenvalue weighted by Crippen LogP contribution is -2.41. The lowest BCUT2D eigenvalue weighted by atomic mass is 9.88. The molecule has 4 rings (SSSR count). The van der Waals surface area contributed by atoms with E-state index < -0.39 is 0 Å². The summed E-state index contributed by atoms with van der Waals surface area (Å²) in [4.78, 5) is 15.4. The molecule has 0 aliphatic carbocycles. The summed E-state index contributed by atoms with van der Waals surface area (Å²) in [7, 11) is 0. The van der Waals surface area contributed by atoms with Gasteiger partial charge in [0, 0.05) is 6.07 Å². The molecule has 3 aromatic rings. The highest BCUT2D eigenvalue weighted by atomic mass is 16.5. The lowest BCUT2D eigenvalue weighted by molar-refractivity contribution is -0.122. The Kier molecular flexibility index (Phi) is 5.53. The molecule has 1 saturated heterocycles. The van der Waals surface area contributed by atoms with Crippen molar-refractivity contribution in [2.75, 3.05) is 18.4 Å². The number of likely N-dealkylation sites (tertiary alicyclic amines) is 1. The predicted octanol–water partition coefficient (Wildman–Crippen LogP) is 4.54. The van der Waals surface area contributed by atoms with E-state index in [1.165, 1.54) is 5.56 Å². The fourth-order valence-corrected chi connectivity index (χ4v) is 4.00. The molecule has 1 amide bonds. The Morgan fingerprint density at radius 1 is 1.07 bits per heavy atom. The third-order valence-corrected chi connectivity index (χ3v) is 5.41. The molecule has 1 aromatic heterocycles. The van der Waals surface area contributed by atoms with Gasteiger partial charge < -0.3 is 9.84 Å². The van der Waals surface area contributed by atoms with E-state index in [2.05, 4.69) is 45.7 Å². The maximum atomic E-state index is 13.1. The fraction of sp³-hybridized carbons (Fsp3) is 0.304. The van der Waals surface area contributed by atoms with Crippen LogP contribution in [0.5, 0.6) is 0 Å². The number of piperidine rings is 1. The molecular formula is C23H25N3O2. The Labute approximate surface area is 165 Å². The van der Waals surface area contributed by atoms with Gasteiger partial charge in [-0.05, 0) is 49.9 Å². The summed E-state index contributed by atoms with van der Waals surface area (Å²) in [5.74, 6) is 1.62. The number of benzene rings is 2. The zero-order valence-electron chi connectivity index (χ0n) is 16.0. The Hall–Kier alpha value is -2.92. The van der Waals surface area contributed by atoms with Crippen molar-refractivity contribution in [2.24, 2.45) is 0 Å². The normalized spacial score (nSPS) is 16.6. The second-order valence-electron chi connectivity index (χ2n) is 7.35. The highest BCUT2D eigenvalue weighted by Gasteiger charge is 2.31. The van der Waals surface area contributed by atoms with Gasteiger partial charge in [0.15, 0.2) is 5.82 Å². The third-order valence-electron chi connectivity index (χ3n) is 5.41. The molecule has 1 unspecified atom stereocenters. The highest BCUT2D eigenvalue weighted by molar-refractivity contribution is 5.94. The van der Waals surface area contributed by atoms with Crippen LogP contribution in [0.2, 0.25) is 0 Å². The molecule has 5 heteroatoms. The summed E-state index contributed by atoms with van der Waals surface area (Å²) in [6.07, 6.45) is 2.09. The summed E-state index contributed by atoms with van der Waals surface area (Å²) in [6.45, 7) is 3.57. The van der Waals surface area contributed by atoms with E-state index in [4.69, 9.17) is 4.52 Å². The quantitative estimate of drug-likeness (QED) is 0.711. The van der Waals surface area contributed by atoms with Gasteiger partial charge in [-0.25, -0.2) is 0 Å². The second-order valence-corrected chi connectivity index (χ2v) is 7.35. The largest absolute Gasteiger partial charge is 0.360 e. The van der Waals surface area contributed by atoms with E-state index in [1.807, 2.05) is 37.3 Å². The molecule has 2 aromatic carbocycles. The second kappa shape index (κ2) is 8.40. The number of nitrogens with zero attached hydrogens (tertiary/aromatic N) is 2. The van der Waals surface area contributed by atoms with Crippen LogP contribution in [0.25, 0.3) is 0 Å². The van der Waals surface area contributed by atoms with E-state index in [1.54, 1.807) is 6.07 Å². The Morgan fingerprint density at radius 3 is 2.32 bits per heavy atom. The third kappa shape index (κ3) is 4.15. The number of hydrogen-bond acceptors (Lipinski definition) is 4. The van der Waals surface area contributed by atoms with E-state index >= 15 is 0 Å². The Balaban J connectivity index is 1.50. The number of amides is 1. The van der Waals surface area contributed by atoms with E-state index in [0.717, 1.165) is 31.5 Å². The van der Waals surface area contributed by atoms with Crippen molar-refractivity contribution >= 4 is 11.7 Å². The minimum Gasteiger partial charge on any atom is -0.360 e. The average molecular weight is 375 g/mol. The van der Waals surface area contributed by atoms with Crippen LogP contribution in [0, 0.1) is 6.92 Å². The smallest absolute Gasteiger partial charge is 0.247 e. The maximum Gasteiger partial charge on any atom is 0.247 e. The van der Waals surface area contributed by atoms with Crippen molar-refractivity contribution < 1.29 is 9.32 Å². The predicted molar refractivity (Wildman–Crippen MR) is 109 cm³/mol. The molecule has 0 bridgehead atoms. The summed E-state index contributed by atoms with van der Waals surface area (Å²) in [6, 6.07) is 22.0. The number of carbonyl (C=O) groups excluding carboxylic acids is 1. The number of anilines is 1. The van der Waals surface area contributed by atoms with E-state index in [-0.39, 0.29) is 11.9 Å². The van der Waals surface area contributed by atoms with Crippen molar-refractivity contribution in [3.63, 3.8) is 0 Å². The van der Waals surface area contributed by atoms with Crippen LogP contribution in [0.3, 0.4) is 0 Å². The SMILES string of the molecule is Cc1cc(NC(=O)C(c2ccccc2)N2CCC(c3ccccc3)CC2)no1. The molecule has 0 spiro atoms. The van der Waals surface area contributed by atoms with Crippen molar-refractivity contribution in [3.05, 3.63) is 83.6 Å². The fourth-order valence-electron chi connectivity index (χ4n) is 4.00. The minimum absolute atomic E-state index is 0.0716. The van der Waals surface area contributed by atoms with Crippen molar-refractivity contribution in [3.8, 4) is 0 Å². The summed E-state index contributed by atoms with van der Waals surface area (Å²) in [5, 5.41) is 6.82. The summed E-state index contributed by atoms with van der Waals surface area (Å²) < 4.78 is 5.08. The number of nitrogens with one attached hydrogen (secondary N) is 1. The first-order valence-electron chi connectivity index (χ1n) is 9.79. The Morgan fingerprint density at radius 2 is 1.71 bits per heavy atom. The molecule has 1 aliphatic rings. The average Bonchev–Trinajstić information content (AvgIpc) is 3.15. The van der Waals surface area contributed by atoms with Crippen LogP contribution < -0.4 is 5.32 Å². The monoisotopic (exact) mass is 375 g/mol. The molecule has 0 saturated carbocycles. The standard InChI is InChI=1S/C23H25N3O2/c1-17-16-21(25-28-17)24-23(27)22(20-10-6-3-7-11-20)26-14-12-19(13-15-26)18-8-4-2-5-9-18/h2-11,16,19,22H,12-15H2,1H3,(H,24,25,27). The molecule has 28 heavy (non-hydrogen) atoms. The van der Waals surface area contributed by atoms with Gasteiger partial charge in [0.2, 0.25) is 5.91 Å². The van der Waals surface area contributed by atoms with Crippen molar-refractivity contribution in [2.45, 2.75) is 31.7 Å². The van der Waals surface area contributed by atoms with Gasteiger partial charge in [-0.1, -0.05) is 65.8 Å². The van der Waals surface area contributed by atoms with Crippen LogP contribution in [0.1, 0.15) is 41.7 Å². The summed E-state index contributed by atoms with van der Waals surface area (Å²) >= 11 is 0. The summed E-state index contributed by atoms with van der Waals surface area (Å²) in [5.41, 5.74) is 2.39. The molecular weight excluding hydrogens is 350 g/mol. The van der Waals surface area contributed by atoms with Gasteiger partial charge in [0.1, 0.15) is 11.8 Å². The molecule has 1 N–H and O–H groups in total. The number of rotatable bonds is 5. The van der Waals surface area contributed by atoms with Gasteiger partial charge in [0.05, 0.1) is 0 Å². The van der Waals surface area contributed by atoms with Gasteiger partial charge in [-0.3, -0.25) is 9.69 Å². The minimum atomic E-state index is -0.338. The topological polar surface area (TPSA) is 58.4 Å². The first kappa shape index (κ1) is 18.4. The molecule has 2 heterocycles. The Bertz CT molecular complexity index is 900. The first-order valence-corrected chi connectivity index (χ1v) is 9.79. The van der Waals surface area contributed by atoms with Crippen molar-refractivity contribution in [1.82, 2.24) is 10.1 Å². The van der Waals surface area contributed by atoms with E-state index in [0.29, 0.717) is 17.5 Å². The zero-order chi connectivity index (χ0) is 19.3.